The number of halogens is 3. The van der Waals surface area contributed by atoms with Crippen molar-refractivity contribution in [1.82, 2.24) is 10.2 Å². The van der Waals surface area contributed by atoms with Crippen molar-refractivity contribution in [2.45, 2.75) is 45.2 Å². The third kappa shape index (κ3) is 4.50. The number of carbonyl (C=O) groups is 3. The fourth-order valence-corrected chi connectivity index (χ4v) is 2.01. The van der Waals surface area contributed by atoms with Gasteiger partial charge in [-0.05, 0) is 19.3 Å². The SMILES string of the molecule is CCCC1C(=O)NC(=O)N(CCCCC(F)(F)F)C1=O. The van der Waals surface area contributed by atoms with Crippen molar-refractivity contribution in [3.63, 3.8) is 0 Å². The average molecular weight is 294 g/mol. The van der Waals surface area contributed by atoms with Crippen LogP contribution in [0.5, 0.6) is 0 Å². The third-order valence-corrected chi connectivity index (χ3v) is 3.03. The minimum Gasteiger partial charge on any atom is -0.277 e. The molecular formula is C12H17F3N2O3. The van der Waals surface area contributed by atoms with Crippen molar-refractivity contribution in [2.75, 3.05) is 6.54 Å². The Morgan fingerprint density at radius 3 is 2.40 bits per heavy atom. The number of nitrogens with one attached hydrogen (secondary N) is 1. The first-order chi connectivity index (χ1) is 9.26. The molecule has 4 amide bonds. The van der Waals surface area contributed by atoms with E-state index in [1.54, 1.807) is 6.92 Å². The highest BCUT2D eigenvalue weighted by Crippen LogP contribution is 2.23. The Balaban J connectivity index is 2.53. The largest absolute Gasteiger partial charge is 0.389 e. The lowest BCUT2D eigenvalue weighted by Crippen LogP contribution is -2.58. The molecule has 20 heavy (non-hydrogen) atoms. The maximum atomic E-state index is 12.0. The van der Waals surface area contributed by atoms with E-state index in [-0.39, 0.29) is 19.4 Å². The van der Waals surface area contributed by atoms with Gasteiger partial charge in [0.15, 0.2) is 0 Å². The van der Waals surface area contributed by atoms with Crippen molar-refractivity contribution in [3.05, 3.63) is 0 Å². The van der Waals surface area contributed by atoms with Crippen LogP contribution in [-0.4, -0.2) is 35.5 Å². The number of imide groups is 2. The summed E-state index contributed by atoms with van der Waals surface area (Å²) < 4.78 is 36.0. The predicted molar refractivity (Wildman–Crippen MR) is 63.6 cm³/mol. The summed E-state index contributed by atoms with van der Waals surface area (Å²) in [6, 6.07) is -0.848. The van der Waals surface area contributed by atoms with Crippen LogP contribution in [-0.2, 0) is 9.59 Å². The number of hydrogen-bond acceptors (Lipinski definition) is 3. The zero-order valence-corrected chi connectivity index (χ0v) is 11.1. The molecule has 1 fully saturated rings. The molecule has 1 N–H and O–H groups in total. The number of alkyl halides is 3. The van der Waals surface area contributed by atoms with E-state index in [4.69, 9.17) is 0 Å². The quantitative estimate of drug-likeness (QED) is 0.603. The van der Waals surface area contributed by atoms with Crippen LogP contribution in [0.3, 0.4) is 0 Å². The molecular weight excluding hydrogens is 277 g/mol. The second-order valence-corrected chi connectivity index (χ2v) is 4.70. The van der Waals surface area contributed by atoms with Crippen LogP contribution in [0.4, 0.5) is 18.0 Å². The normalized spacial score (nSPS) is 20.3. The molecule has 1 rings (SSSR count). The lowest BCUT2D eigenvalue weighted by Gasteiger charge is -2.30. The molecule has 0 aromatic rings. The van der Waals surface area contributed by atoms with Crippen LogP contribution in [0.15, 0.2) is 0 Å². The van der Waals surface area contributed by atoms with Gasteiger partial charge in [-0.3, -0.25) is 19.8 Å². The Morgan fingerprint density at radius 1 is 1.20 bits per heavy atom. The number of barbiturate groups is 1. The van der Waals surface area contributed by atoms with Crippen LogP contribution in [0.2, 0.25) is 0 Å². The van der Waals surface area contributed by atoms with Gasteiger partial charge in [0.2, 0.25) is 11.8 Å². The summed E-state index contributed by atoms with van der Waals surface area (Å²) in [6.07, 6.45) is -4.38. The molecule has 0 aromatic carbocycles. The van der Waals surface area contributed by atoms with Crippen LogP contribution in [0.25, 0.3) is 0 Å². The standard InChI is InChI=1S/C12H17F3N2O3/c1-2-5-8-9(18)16-11(20)17(10(8)19)7-4-3-6-12(13,14)15/h8H,2-7H2,1H3,(H,16,18,20). The minimum absolute atomic E-state index is 0.0612. The van der Waals surface area contributed by atoms with Gasteiger partial charge in [0.1, 0.15) is 5.92 Å². The molecule has 1 saturated heterocycles. The van der Waals surface area contributed by atoms with Gasteiger partial charge in [-0.25, -0.2) is 4.79 Å². The maximum Gasteiger partial charge on any atom is 0.389 e. The van der Waals surface area contributed by atoms with Gasteiger partial charge in [-0.15, -0.1) is 0 Å². The van der Waals surface area contributed by atoms with E-state index in [1.165, 1.54) is 0 Å². The number of hydrogen-bond donors (Lipinski definition) is 1. The molecule has 0 saturated carbocycles. The maximum absolute atomic E-state index is 12.0. The molecule has 5 nitrogen and oxygen atoms in total. The highest BCUT2D eigenvalue weighted by molar-refractivity contribution is 6.16. The fourth-order valence-electron chi connectivity index (χ4n) is 2.01. The van der Waals surface area contributed by atoms with E-state index >= 15 is 0 Å². The van der Waals surface area contributed by atoms with Crippen LogP contribution >= 0.6 is 0 Å². The van der Waals surface area contributed by atoms with Gasteiger partial charge in [0, 0.05) is 13.0 Å². The molecule has 1 heterocycles. The Bertz CT molecular complexity index is 396. The van der Waals surface area contributed by atoms with E-state index in [0.29, 0.717) is 12.8 Å². The van der Waals surface area contributed by atoms with Gasteiger partial charge in [-0.1, -0.05) is 13.3 Å². The van der Waals surface area contributed by atoms with Crippen molar-refractivity contribution >= 4 is 17.8 Å². The Kier molecular flexibility index (Phi) is 5.52. The van der Waals surface area contributed by atoms with Gasteiger partial charge < -0.3 is 0 Å². The number of carbonyl (C=O) groups excluding carboxylic acids is 3. The summed E-state index contributed by atoms with van der Waals surface area (Å²) >= 11 is 0. The summed E-state index contributed by atoms with van der Waals surface area (Å²) in [7, 11) is 0. The number of urea groups is 1. The molecule has 0 radical (unpaired) electrons. The second-order valence-electron chi connectivity index (χ2n) is 4.70. The van der Waals surface area contributed by atoms with E-state index in [0.717, 1.165) is 4.90 Å². The van der Waals surface area contributed by atoms with Gasteiger partial charge in [0.25, 0.3) is 0 Å². The molecule has 0 spiro atoms. The van der Waals surface area contributed by atoms with E-state index in [1.807, 2.05) is 0 Å². The molecule has 1 unspecified atom stereocenters. The zero-order chi connectivity index (χ0) is 15.3. The number of nitrogens with zero attached hydrogens (tertiary/aromatic N) is 1. The van der Waals surface area contributed by atoms with Crippen molar-refractivity contribution < 1.29 is 27.6 Å². The van der Waals surface area contributed by atoms with E-state index in [2.05, 4.69) is 5.32 Å². The van der Waals surface area contributed by atoms with E-state index in [9.17, 15) is 27.6 Å². The lowest BCUT2D eigenvalue weighted by molar-refractivity contribution is -0.143. The molecule has 1 aliphatic rings. The highest BCUT2D eigenvalue weighted by Gasteiger charge is 2.39. The van der Waals surface area contributed by atoms with E-state index < -0.39 is 36.4 Å². The Labute approximate surface area is 114 Å². The predicted octanol–water partition coefficient (Wildman–Crippen LogP) is 2.21. The molecule has 114 valence electrons. The smallest absolute Gasteiger partial charge is 0.277 e. The summed E-state index contributed by atoms with van der Waals surface area (Å²) in [4.78, 5) is 35.8. The molecule has 1 aliphatic heterocycles. The Hall–Kier alpha value is -1.60. The summed E-state index contributed by atoms with van der Waals surface area (Å²) in [5.41, 5.74) is 0. The minimum atomic E-state index is -4.24. The fraction of sp³-hybridized carbons (Fsp3) is 0.750. The monoisotopic (exact) mass is 294 g/mol. The average Bonchev–Trinajstić information content (AvgIpc) is 2.32. The first-order valence-electron chi connectivity index (χ1n) is 6.49. The first-order valence-corrected chi connectivity index (χ1v) is 6.49. The molecule has 8 heteroatoms. The second kappa shape index (κ2) is 6.71. The highest BCUT2D eigenvalue weighted by atomic mass is 19.4. The van der Waals surface area contributed by atoms with Crippen LogP contribution in [0, 0.1) is 5.92 Å². The molecule has 0 bridgehead atoms. The summed E-state index contributed by atoms with van der Waals surface area (Å²) in [6.45, 7) is 1.69. The zero-order valence-electron chi connectivity index (χ0n) is 11.1. The number of amides is 4. The van der Waals surface area contributed by atoms with Gasteiger partial charge in [0.05, 0.1) is 0 Å². The number of rotatable bonds is 6. The summed E-state index contributed by atoms with van der Waals surface area (Å²) in [5.74, 6) is -2.17. The summed E-state index contributed by atoms with van der Waals surface area (Å²) in [5, 5.41) is 2.06. The Morgan fingerprint density at radius 2 is 1.85 bits per heavy atom. The third-order valence-electron chi connectivity index (χ3n) is 3.03. The van der Waals surface area contributed by atoms with Crippen molar-refractivity contribution in [2.24, 2.45) is 5.92 Å². The van der Waals surface area contributed by atoms with Gasteiger partial charge >= 0.3 is 12.2 Å². The van der Waals surface area contributed by atoms with Crippen molar-refractivity contribution in [3.8, 4) is 0 Å². The van der Waals surface area contributed by atoms with Crippen LogP contribution < -0.4 is 5.32 Å². The number of unbranched alkanes of at least 4 members (excludes halogenated alkanes) is 1. The van der Waals surface area contributed by atoms with Crippen molar-refractivity contribution in [1.29, 1.82) is 0 Å². The molecule has 1 atom stereocenters. The molecule has 0 aliphatic carbocycles. The lowest BCUT2D eigenvalue weighted by atomic mass is 9.99. The van der Waals surface area contributed by atoms with Gasteiger partial charge in [-0.2, -0.15) is 13.2 Å². The first kappa shape index (κ1) is 16.5. The van der Waals surface area contributed by atoms with Crippen LogP contribution in [0.1, 0.15) is 39.0 Å². The molecule has 0 aromatic heterocycles. The topological polar surface area (TPSA) is 66.5 Å².